The van der Waals surface area contributed by atoms with Crippen molar-refractivity contribution in [2.24, 2.45) is 0 Å². The summed E-state index contributed by atoms with van der Waals surface area (Å²) in [5.74, 6) is 0.533. The van der Waals surface area contributed by atoms with Gasteiger partial charge in [0.1, 0.15) is 0 Å². The standard InChI is InChI=1S/C35H25N/c1-21(2)22-11-13-23(14-12-22)28-17-31-29-15-24-7-3-5-9-26(24)19-33(29)36-34-20-27-10-6-4-8-25(27)16-30(34)32(18-28)35(31)36/h3-21H,1-2H3. The van der Waals surface area contributed by atoms with E-state index in [1.807, 2.05) is 0 Å². The molecule has 8 aromatic rings. The first-order chi connectivity index (χ1) is 17.7. The number of hydrogen-bond donors (Lipinski definition) is 0. The van der Waals surface area contributed by atoms with Gasteiger partial charge < -0.3 is 4.40 Å². The Hall–Kier alpha value is -4.36. The molecule has 2 heterocycles. The van der Waals surface area contributed by atoms with E-state index in [9.17, 15) is 0 Å². The fourth-order valence-electron chi connectivity index (χ4n) is 6.14. The molecule has 170 valence electrons. The van der Waals surface area contributed by atoms with Crippen molar-refractivity contribution in [2.45, 2.75) is 19.8 Å². The van der Waals surface area contributed by atoms with Gasteiger partial charge in [0.05, 0.1) is 16.6 Å². The van der Waals surface area contributed by atoms with Crippen molar-refractivity contribution >= 4 is 59.6 Å². The molecule has 0 N–H and O–H groups in total. The third-order valence-corrected chi connectivity index (χ3v) is 8.03. The molecule has 1 nitrogen and oxygen atoms in total. The van der Waals surface area contributed by atoms with Crippen LogP contribution in [0.5, 0.6) is 0 Å². The Morgan fingerprint density at radius 2 is 0.944 bits per heavy atom. The fourth-order valence-corrected chi connectivity index (χ4v) is 6.14. The number of aromatic nitrogens is 1. The molecule has 2 aromatic heterocycles. The van der Waals surface area contributed by atoms with Crippen LogP contribution in [0.2, 0.25) is 0 Å². The fraction of sp³-hybridized carbons (Fsp3) is 0.0857. The Morgan fingerprint density at radius 3 is 1.42 bits per heavy atom. The molecule has 0 amide bonds. The highest BCUT2D eigenvalue weighted by atomic mass is 14.9. The van der Waals surface area contributed by atoms with Crippen molar-refractivity contribution in [1.82, 2.24) is 4.40 Å². The van der Waals surface area contributed by atoms with Crippen LogP contribution >= 0.6 is 0 Å². The summed E-state index contributed by atoms with van der Waals surface area (Å²) in [6, 6.07) is 40.9. The number of nitrogens with zero attached hydrogens (tertiary/aromatic N) is 1. The van der Waals surface area contributed by atoms with Gasteiger partial charge in [-0.1, -0.05) is 86.6 Å². The van der Waals surface area contributed by atoms with Gasteiger partial charge in [-0.2, -0.15) is 0 Å². The lowest BCUT2D eigenvalue weighted by atomic mass is 9.95. The summed E-state index contributed by atoms with van der Waals surface area (Å²) in [5, 5.41) is 10.4. The summed E-state index contributed by atoms with van der Waals surface area (Å²) in [6.07, 6.45) is 0. The average molecular weight is 460 g/mol. The third-order valence-electron chi connectivity index (χ3n) is 8.03. The van der Waals surface area contributed by atoms with E-state index in [2.05, 4.69) is 127 Å². The molecule has 8 rings (SSSR count). The van der Waals surface area contributed by atoms with Gasteiger partial charge in [-0.3, -0.25) is 0 Å². The number of hydrogen-bond acceptors (Lipinski definition) is 0. The Morgan fingerprint density at radius 1 is 0.472 bits per heavy atom. The summed E-state index contributed by atoms with van der Waals surface area (Å²) in [6.45, 7) is 4.50. The highest BCUT2D eigenvalue weighted by molar-refractivity contribution is 6.26. The maximum Gasteiger partial charge on any atom is 0.0620 e. The molecule has 0 bridgehead atoms. The largest absolute Gasteiger partial charge is 0.308 e. The zero-order valence-corrected chi connectivity index (χ0v) is 20.4. The molecule has 0 aliphatic carbocycles. The van der Waals surface area contributed by atoms with E-state index in [1.165, 1.54) is 76.3 Å². The van der Waals surface area contributed by atoms with Crippen molar-refractivity contribution in [1.29, 1.82) is 0 Å². The van der Waals surface area contributed by atoms with Gasteiger partial charge in [0.25, 0.3) is 0 Å². The minimum Gasteiger partial charge on any atom is -0.308 e. The first kappa shape index (κ1) is 19.9. The lowest BCUT2D eigenvalue weighted by Crippen LogP contribution is -1.87. The number of benzene rings is 6. The smallest absolute Gasteiger partial charge is 0.0620 e. The third kappa shape index (κ3) is 2.66. The first-order valence-electron chi connectivity index (χ1n) is 12.8. The molecule has 0 saturated carbocycles. The predicted octanol–water partition coefficient (Wildman–Crippen LogP) is 9.93. The minimum absolute atomic E-state index is 0.533. The Labute approximate surface area is 209 Å². The molecule has 0 atom stereocenters. The van der Waals surface area contributed by atoms with Crippen LogP contribution in [0, 0.1) is 0 Å². The summed E-state index contributed by atoms with van der Waals surface area (Å²) < 4.78 is 2.50. The van der Waals surface area contributed by atoms with Crippen LogP contribution in [-0.2, 0) is 0 Å². The molecule has 6 aromatic carbocycles. The predicted molar refractivity (Wildman–Crippen MR) is 156 cm³/mol. The zero-order chi connectivity index (χ0) is 24.0. The van der Waals surface area contributed by atoms with Gasteiger partial charge in [0.2, 0.25) is 0 Å². The molecule has 0 fully saturated rings. The molecule has 36 heavy (non-hydrogen) atoms. The van der Waals surface area contributed by atoms with Crippen molar-refractivity contribution in [3.8, 4) is 11.1 Å². The summed E-state index contributed by atoms with van der Waals surface area (Å²) >= 11 is 0. The first-order valence-corrected chi connectivity index (χ1v) is 12.8. The summed E-state index contributed by atoms with van der Waals surface area (Å²) in [4.78, 5) is 0. The molecule has 0 spiro atoms. The van der Waals surface area contributed by atoms with E-state index in [0.29, 0.717) is 5.92 Å². The SMILES string of the molecule is CC(C)c1ccc(-c2cc3c4cc5ccccc5cc4n4c5cc6ccccc6cc5c(c2)c34)cc1. The summed E-state index contributed by atoms with van der Waals surface area (Å²) in [7, 11) is 0. The second-order valence-corrected chi connectivity index (χ2v) is 10.5. The van der Waals surface area contributed by atoms with Gasteiger partial charge in [-0.25, -0.2) is 0 Å². The number of fused-ring (bicyclic) bond motifs is 8. The summed E-state index contributed by atoms with van der Waals surface area (Å²) in [5.41, 5.74) is 7.82. The van der Waals surface area contributed by atoms with E-state index < -0.39 is 0 Å². The Bertz CT molecular complexity index is 1980. The van der Waals surface area contributed by atoms with Crippen LogP contribution in [0.1, 0.15) is 25.3 Å². The highest BCUT2D eigenvalue weighted by Gasteiger charge is 2.20. The normalized spacial score (nSPS) is 12.4. The van der Waals surface area contributed by atoms with E-state index in [-0.39, 0.29) is 0 Å². The molecular formula is C35H25N. The van der Waals surface area contributed by atoms with Crippen LogP contribution < -0.4 is 0 Å². The maximum absolute atomic E-state index is 2.50. The van der Waals surface area contributed by atoms with Crippen molar-refractivity contribution in [3.63, 3.8) is 0 Å². The van der Waals surface area contributed by atoms with Gasteiger partial charge in [0, 0.05) is 21.5 Å². The lowest BCUT2D eigenvalue weighted by Gasteiger charge is -2.08. The van der Waals surface area contributed by atoms with Crippen molar-refractivity contribution < 1.29 is 0 Å². The molecule has 0 saturated heterocycles. The zero-order valence-electron chi connectivity index (χ0n) is 20.4. The van der Waals surface area contributed by atoms with Crippen LogP contribution in [0.25, 0.3) is 70.8 Å². The van der Waals surface area contributed by atoms with Gasteiger partial charge in [-0.05, 0) is 80.6 Å². The molecule has 0 aliphatic rings. The second kappa shape index (κ2) is 7.08. The van der Waals surface area contributed by atoms with Gasteiger partial charge >= 0.3 is 0 Å². The highest BCUT2D eigenvalue weighted by Crippen LogP contribution is 2.43. The molecule has 0 unspecified atom stereocenters. The van der Waals surface area contributed by atoms with E-state index in [4.69, 9.17) is 0 Å². The van der Waals surface area contributed by atoms with Crippen molar-refractivity contribution in [3.05, 3.63) is 115 Å². The van der Waals surface area contributed by atoms with E-state index >= 15 is 0 Å². The van der Waals surface area contributed by atoms with Crippen LogP contribution in [0.15, 0.2) is 109 Å². The molecule has 0 aliphatic heterocycles. The second-order valence-electron chi connectivity index (χ2n) is 10.5. The Kier molecular flexibility index (Phi) is 3.92. The molecule has 1 heteroatoms. The van der Waals surface area contributed by atoms with E-state index in [1.54, 1.807) is 0 Å². The maximum atomic E-state index is 2.50. The van der Waals surface area contributed by atoms with Crippen LogP contribution in [-0.4, -0.2) is 4.40 Å². The van der Waals surface area contributed by atoms with E-state index in [0.717, 1.165) is 0 Å². The topological polar surface area (TPSA) is 4.41 Å². The lowest BCUT2D eigenvalue weighted by molar-refractivity contribution is 0.867. The van der Waals surface area contributed by atoms with Gasteiger partial charge in [0.15, 0.2) is 0 Å². The quantitative estimate of drug-likeness (QED) is 0.242. The van der Waals surface area contributed by atoms with Crippen LogP contribution in [0.4, 0.5) is 0 Å². The monoisotopic (exact) mass is 459 g/mol. The minimum atomic E-state index is 0.533. The number of rotatable bonds is 2. The van der Waals surface area contributed by atoms with Crippen LogP contribution in [0.3, 0.4) is 0 Å². The van der Waals surface area contributed by atoms with Crippen molar-refractivity contribution in [2.75, 3.05) is 0 Å². The average Bonchev–Trinajstić information content (AvgIpc) is 3.41. The molecular weight excluding hydrogens is 434 g/mol. The Balaban J connectivity index is 1.56. The van der Waals surface area contributed by atoms with Gasteiger partial charge in [-0.15, -0.1) is 0 Å². The molecule has 0 radical (unpaired) electrons.